The van der Waals surface area contributed by atoms with Gasteiger partial charge in [-0.2, -0.15) is 0 Å². The molecule has 37 heavy (non-hydrogen) atoms. The van der Waals surface area contributed by atoms with Crippen LogP contribution in [-0.2, 0) is 0 Å². The lowest BCUT2D eigenvalue weighted by Crippen LogP contribution is -2.15. The molecule has 0 atom stereocenters. The minimum atomic E-state index is -0.427. The minimum absolute atomic E-state index is 0.427. The highest BCUT2D eigenvalue weighted by Gasteiger charge is 2.25. The average molecular weight is 480 g/mol. The van der Waals surface area contributed by atoms with Gasteiger partial charge in [-0.15, -0.1) is 0 Å². The first-order valence-corrected chi connectivity index (χ1v) is 12.3. The first-order chi connectivity index (χ1) is 18.2. The second-order valence-electron chi connectivity index (χ2n) is 9.14. The fourth-order valence-corrected chi connectivity index (χ4v) is 5.00. The summed E-state index contributed by atoms with van der Waals surface area (Å²) in [5, 5.41) is 17.9. The first-order valence-electron chi connectivity index (χ1n) is 12.3. The Hall–Kier alpha value is -4.83. The summed E-state index contributed by atoms with van der Waals surface area (Å²) < 4.78 is 0. The molecule has 6 rings (SSSR count). The van der Waals surface area contributed by atoms with Gasteiger partial charge in [-0.05, 0) is 29.8 Å². The fraction of sp³-hybridized carbons (Fsp3) is 0.0606. The van der Waals surface area contributed by atoms with Gasteiger partial charge in [0.15, 0.2) is 0 Å². The van der Waals surface area contributed by atoms with Crippen LogP contribution in [0.3, 0.4) is 0 Å². The van der Waals surface area contributed by atoms with Crippen LogP contribution in [0.5, 0.6) is 0 Å². The number of hydrogen-bond acceptors (Lipinski definition) is 4. The van der Waals surface area contributed by atoms with Crippen molar-refractivity contribution in [1.29, 1.82) is 0 Å². The molecule has 2 heterocycles. The third kappa shape index (κ3) is 4.23. The molecule has 0 aliphatic rings. The van der Waals surface area contributed by atoms with Crippen LogP contribution in [0.15, 0.2) is 126 Å². The van der Waals surface area contributed by atoms with E-state index < -0.39 is 5.92 Å². The molecular weight excluding hydrogens is 454 g/mol. The van der Waals surface area contributed by atoms with Crippen molar-refractivity contribution in [2.75, 3.05) is 0 Å². The molecule has 0 amide bonds. The summed E-state index contributed by atoms with van der Waals surface area (Å²) in [6.45, 7) is 1.82. The molecule has 0 unspecified atom stereocenters. The Labute approximate surface area is 215 Å². The van der Waals surface area contributed by atoms with E-state index in [1.165, 1.54) is 0 Å². The van der Waals surface area contributed by atoms with E-state index in [1.807, 2.05) is 67.6 Å². The van der Waals surface area contributed by atoms with E-state index in [9.17, 15) is 5.21 Å². The monoisotopic (exact) mass is 479 g/mol. The van der Waals surface area contributed by atoms with Crippen LogP contribution in [0.25, 0.3) is 44.1 Å². The Kier molecular flexibility index (Phi) is 5.91. The van der Waals surface area contributed by atoms with E-state index in [1.54, 1.807) is 0 Å². The largest absolute Gasteiger partial charge is 0.411 e. The Bertz CT molecular complexity index is 1620. The van der Waals surface area contributed by atoms with Crippen molar-refractivity contribution < 1.29 is 5.21 Å². The maximum atomic E-state index is 9.96. The van der Waals surface area contributed by atoms with Gasteiger partial charge in [-0.25, -0.2) is 0 Å². The second-order valence-corrected chi connectivity index (χ2v) is 9.14. The van der Waals surface area contributed by atoms with Crippen LogP contribution < -0.4 is 0 Å². The van der Waals surface area contributed by atoms with Gasteiger partial charge in [0.05, 0.1) is 34.4 Å². The maximum Gasteiger partial charge on any atom is 0.0850 e. The van der Waals surface area contributed by atoms with Crippen molar-refractivity contribution in [3.8, 4) is 22.5 Å². The van der Waals surface area contributed by atoms with E-state index >= 15 is 0 Å². The Morgan fingerprint density at radius 1 is 0.595 bits per heavy atom. The smallest absolute Gasteiger partial charge is 0.0850 e. The molecule has 0 saturated carbocycles. The van der Waals surface area contributed by atoms with Crippen molar-refractivity contribution in [1.82, 2.24) is 9.97 Å². The molecule has 178 valence electrons. The van der Waals surface area contributed by atoms with Gasteiger partial charge in [0.1, 0.15) is 0 Å². The van der Waals surface area contributed by atoms with Gasteiger partial charge in [0, 0.05) is 21.9 Å². The molecule has 0 aliphatic carbocycles. The number of rotatable bonds is 5. The molecular formula is C33H25N3O. The van der Waals surface area contributed by atoms with Crippen LogP contribution in [0, 0.1) is 0 Å². The van der Waals surface area contributed by atoms with E-state index in [0.717, 1.165) is 55.4 Å². The van der Waals surface area contributed by atoms with Crippen molar-refractivity contribution in [3.63, 3.8) is 0 Å². The quantitative estimate of drug-likeness (QED) is 0.154. The SMILES string of the molecule is CC(=NO)C(c1cc2ccccc2c(-c2ccccc2)n1)c1cc2ccccc2c(-c2ccccc2)n1. The number of pyridine rings is 2. The molecule has 4 nitrogen and oxygen atoms in total. The highest BCUT2D eigenvalue weighted by Crippen LogP contribution is 2.35. The average Bonchev–Trinajstić information content (AvgIpc) is 2.97. The van der Waals surface area contributed by atoms with E-state index in [0.29, 0.717) is 5.71 Å². The zero-order chi connectivity index (χ0) is 25.2. The van der Waals surface area contributed by atoms with Gasteiger partial charge in [-0.1, -0.05) is 114 Å². The predicted octanol–water partition coefficient (Wildman–Crippen LogP) is 8.10. The lowest BCUT2D eigenvalue weighted by molar-refractivity contribution is 0.317. The number of nitrogens with zero attached hydrogens (tertiary/aromatic N) is 3. The second kappa shape index (κ2) is 9.67. The third-order valence-electron chi connectivity index (χ3n) is 6.78. The molecule has 0 saturated heterocycles. The zero-order valence-corrected chi connectivity index (χ0v) is 20.4. The molecule has 1 N–H and O–H groups in total. The lowest BCUT2D eigenvalue weighted by atomic mass is 9.91. The number of aromatic nitrogens is 2. The molecule has 4 aromatic carbocycles. The van der Waals surface area contributed by atoms with Crippen molar-refractivity contribution >= 4 is 27.3 Å². The Morgan fingerprint density at radius 3 is 1.43 bits per heavy atom. The van der Waals surface area contributed by atoms with Gasteiger partial charge < -0.3 is 5.21 Å². The normalized spacial score (nSPS) is 11.9. The summed E-state index contributed by atoms with van der Waals surface area (Å²) in [4.78, 5) is 10.3. The standard InChI is InChI=1S/C33H25N3O/c1-22(36-37)31(29-20-25-16-8-10-18-27(25)32(34-29)23-12-4-2-5-13-23)30-21-26-17-9-11-19-28(26)33(35-30)24-14-6-3-7-15-24/h2-21,31,37H,1H3. The predicted molar refractivity (Wildman–Crippen MR) is 151 cm³/mol. The number of fused-ring (bicyclic) bond motifs is 2. The lowest BCUT2D eigenvalue weighted by Gasteiger charge is -2.20. The van der Waals surface area contributed by atoms with Crippen molar-refractivity contribution in [2.24, 2.45) is 5.16 Å². The van der Waals surface area contributed by atoms with Crippen LogP contribution in [-0.4, -0.2) is 20.9 Å². The summed E-state index contributed by atoms with van der Waals surface area (Å²) in [6, 6.07) is 41.1. The molecule has 0 bridgehead atoms. The van der Waals surface area contributed by atoms with Gasteiger partial charge >= 0.3 is 0 Å². The Balaban J connectivity index is 1.63. The summed E-state index contributed by atoms with van der Waals surface area (Å²) in [5.74, 6) is -0.427. The number of benzene rings is 4. The van der Waals surface area contributed by atoms with E-state index in [-0.39, 0.29) is 0 Å². The number of oxime groups is 1. The summed E-state index contributed by atoms with van der Waals surface area (Å²) >= 11 is 0. The summed E-state index contributed by atoms with van der Waals surface area (Å²) in [7, 11) is 0. The van der Waals surface area contributed by atoms with Crippen LogP contribution in [0.2, 0.25) is 0 Å². The summed E-state index contributed by atoms with van der Waals surface area (Å²) in [6.07, 6.45) is 0. The molecule has 0 aliphatic heterocycles. The number of hydrogen-bond donors (Lipinski definition) is 1. The van der Waals surface area contributed by atoms with Crippen molar-refractivity contribution in [2.45, 2.75) is 12.8 Å². The van der Waals surface area contributed by atoms with Gasteiger partial charge in [0.25, 0.3) is 0 Å². The highest BCUT2D eigenvalue weighted by atomic mass is 16.4. The Morgan fingerprint density at radius 2 is 1.00 bits per heavy atom. The molecule has 4 heteroatoms. The minimum Gasteiger partial charge on any atom is -0.411 e. The van der Waals surface area contributed by atoms with Gasteiger partial charge in [0.2, 0.25) is 0 Å². The molecule has 2 aromatic heterocycles. The van der Waals surface area contributed by atoms with Gasteiger partial charge in [-0.3, -0.25) is 9.97 Å². The topological polar surface area (TPSA) is 58.4 Å². The van der Waals surface area contributed by atoms with E-state index in [2.05, 4.69) is 65.8 Å². The molecule has 0 radical (unpaired) electrons. The maximum absolute atomic E-state index is 9.96. The van der Waals surface area contributed by atoms with E-state index in [4.69, 9.17) is 9.97 Å². The fourth-order valence-electron chi connectivity index (χ4n) is 5.00. The first kappa shape index (κ1) is 22.6. The van der Waals surface area contributed by atoms with Crippen LogP contribution in [0.4, 0.5) is 0 Å². The molecule has 0 fully saturated rings. The highest BCUT2D eigenvalue weighted by molar-refractivity contribution is 5.99. The molecule has 6 aromatic rings. The third-order valence-corrected chi connectivity index (χ3v) is 6.78. The van der Waals surface area contributed by atoms with Crippen LogP contribution >= 0.6 is 0 Å². The summed E-state index contributed by atoms with van der Waals surface area (Å²) in [5.41, 5.74) is 5.97. The van der Waals surface area contributed by atoms with Crippen molar-refractivity contribution in [3.05, 3.63) is 133 Å². The van der Waals surface area contributed by atoms with Crippen LogP contribution in [0.1, 0.15) is 24.2 Å². The zero-order valence-electron chi connectivity index (χ0n) is 20.4. The molecule has 0 spiro atoms.